The van der Waals surface area contributed by atoms with E-state index in [0.717, 1.165) is 0 Å². The van der Waals surface area contributed by atoms with E-state index < -0.39 is 23.7 Å². The summed E-state index contributed by atoms with van der Waals surface area (Å²) < 4.78 is 0. The smallest absolute Gasteiger partial charge is 0.305 e. The molecule has 1 atom stereocenters. The van der Waals surface area contributed by atoms with E-state index in [0.29, 0.717) is 0 Å². The summed E-state index contributed by atoms with van der Waals surface area (Å²) in [6, 6.07) is -1.08. The van der Waals surface area contributed by atoms with Crippen LogP contribution in [0.4, 0.5) is 0 Å². The van der Waals surface area contributed by atoms with Crippen molar-refractivity contribution in [2.24, 2.45) is 5.73 Å². The van der Waals surface area contributed by atoms with Crippen LogP contribution in [0.3, 0.4) is 0 Å². The third-order valence-electron chi connectivity index (χ3n) is 0.686. The van der Waals surface area contributed by atoms with E-state index in [-0.39, 0.29) is 0 Å². The molecule has 9 heavy (non-hydrogen) atoms. The van der Waals surface area contributed by atoms with Crippen LogP contribution in [0.2, 0.25) is 0 Å². The van der Waals surface area contributed by atoms with Gasteiger partial charge >= 0.3 is 5.97 Å². The fraction of sp³-hybridized carbons (Fsp3) is 0.500. The van der Waals surface area contributed by atoms with E-state index in [1.165, 1.54) is 0 Å². The van der Waals surface area contributed by atoms with Gasteiger partial charge in [-0.05, 0) is 11.6 Å². The maximum Gasteiger partial charge on any atom is 0.305 e. The number of rotatable bonds is 3. The number of nitrogens with two attached hydrogens (primary N) is 1. The summed E-state index contributed by atoms with van der Waals surface area (Å²) in [6.45, 7) is 0. The normalized spacial score (nSPS) is 12.7. The van der Waals surface area contributed by atoms with Crippen molar-refractivity contribution in [3.05, 3.63) is 0 Å². The van der Waals surface area contributed by atoms with Crippen LogP contribution in [0.1, 0.15) is 6.42 Å². The standard InChI is InChI=1S/C4H6ClNO3/c5-4(9)2(6)1-3(7)8/h2H,1,6H2,(H,7,8). The number of carbonyl (C=O) groups excluding carboxylic acids is 1. The minimum Gasteiger partial charge on any atom is -0.481 e. The predicted molar refractivity (Wildman–Crippen MR) is 31.1 cm³/mol. The van der Waals surface area contributed by atoms with E-state index in [2.05, 4.69) is 0 Å². The summed E-state index contributed by atoms with van der Waals surface area (Å²) >= 11 is 4.85. The SMILES string of the molecule is NC(CC(=O)O)C(=O)Cl. The topological polar surface area (TPSA) is 80.4 Å². The van der Waals surface area contributed by atoms with Gasteiger partial charge in [0.15, 0.2) is 0 Å². The van der Waals surface area contributed by atoms with Crippen molar-refractivity contribution in [3.63, 3.8) is 0 Å². The molecule has 0 amide bonds. The monoisotopic (exact) mass is 151 g/mol. The summed E-state index contributed by atoms with van der Waals surface area (Å²) in [5.74, 6) is -1.13. The first-order valence-corrected chi connectivity index (χ1v) is 2.58. The number of hydrogen-bond acceptors (Lipinski definition) is 3. The van der Waals surface area contributed by atoms with Crippen LogP contribution in [0.25, 0.3) is 0 Å². The zero-order valence-electron chi connectivity index (χ0n) is 4.50. The molecule has 0 aliphatic carbocycles. The molecule has 0 bridgehead atoms. The van der Waals surface area contributed by atoms with Crippen molar-refractivity contribution in [2.45, 2.75) is 12.5 Å². The Labute approximate surface area is 56.6 Å². The summed E-state index contributed by atoms with van der Waals surface area (Å²) in [4.78, 5) is 19.9. The van der Waals surface area contributed by atoms with E-state index >= 15 is 0 Å². The molecule has 52 valence electrons. The Morgan fingerprint density at radius 1 is 1.67 bits per heavy atom. The van der Waals surface area contributed by atoms with Gasteiger partial charge in [0.1, 0.15) is 0 Å². The zero-order chi connectivity index (χ0) is 7.44. The van der Waals surface area contributed by atoms with E-state index in [9.17, 15) is 9.59 Å². The van der Waals surface area contributed by atoms with Crippen molar-refractivity contribution < 1.29 is 14.7 Å². The van der Waals surface area contributed by atoms with Gasteiger partial charge in [0.2, 0.25) is 5.24 Å². The van der Waals surface area contributed by atoms with Gasteiger partial charge in [-0.1, -0.05) is 0 Å². The van der Waals surface area contributed by atoms with Gasteiger partial charge in [-0.15, -0.1) is 0 Å². The van der Waals surface area contributed by atoms with Crippen LogP contribution in [0, 0.1) is 0 Å². The molecule has 0 saturated carbocycles. The van der Waals surface area contributed by atoms with Crippen LogP contribution in [-0.4, -0.2) is 22.4 Å². The molecule has 0 aromatic heterocycles. The van der Waals surface area contributed by atoms with Crippen LogP contribution in [-0.2, 0) is 9.59 Å². The number of halogens is 1. The second-order valence-corrected chi connectivity index (χ2v) is 1.88. The third-order valence-corrected chi connectivity index (χ3v) is 0.966. The Balaban J connectivity index is 3.63. The Kier molecular flexibility index (Phi) is 3.19. The van der Waals surface area contributed by atoms with Crippen molar-refractivity contribution in [1.82, 2.24) is 0 Å². The fourth-order valence-corrected chi connectivity index (χ4v) is 0.346. The van der Waals surface area contributed by atoms with Gasteiger partial charge in [-0.2, -0.15) is 0 Å². The highest BCUT2D eigenvalue weighted by Crippen LogP contribution is 1.92. The first-order chi connectivity index (χ1) is 4.04. The maximum absolute atomic E-state index is 10.1. The molecule has 5 heteroatoms. The molecule has 0 aromatic carbocycles. The lowest BCUT2D eigenvalue weighted by molar-refractivity contribution is -0.138. The molecule has 4 nitrogen and oxygen atoms in total. The fourth-order valence-electron chi connectivity index (χ4n) is 0.268. The molecule has 0 aliphatic heterocycles. The van der Waals surface area contributed by atoms with Crippen LogP contribution >= 0.6 is 11.6 Å². The average Bonchev–Trinajstić information content (AvgIpc) is 1.63. The molecule has 0 spiro atoms. The highest BCUT2D eigenvalue weighted by molar-refractivity contribution is 6.64. The minimum absolute atomic E-state index is 0.414. The van der Waals surface area contributed by atoms with Gasteiger partial charge in [0.05, 0.1) is 12.5 Å². The van der Waals surface area contributed by atoms with E-state index in [4.69, 9.17) is 22.4 Å². The first-order valence-electron chi connectivity index (χ1n) is 2.20. The summed E-state index contributed by atoms with van der Waals surface area (Å²) in [7, 11) is 0. The number of carboxylic acid groups (broad SMARTS) is 1. The molecule has 0 saturated heterocycles. The second kappa shape index (κ2) is 3.42. The van der Waals surface area contributed by atoms with E-state index in [1.807, 2.05) is 0 Å². The Morgan fingerprint density at radius 3 is 2.22 bits per heavy atom. The highest BCUT2D eigenvalue weighted by atomic mass is 35.5. The molecule has 1 unspecified atom stereocenters. The Bertz CT molecular complexity index is 136. The van der Waals surface area contributed by atoms with Crippen molar-refractivity contribution >= 4 is 22.8 Å². The maximum atomic E-state index is 10.1. The molecule has 0 heterocycles. The molecule has 0 rings (SSSR count). The van der Waals surface area contributed by atoms with Gasteiger partial charge < -0.3 is 10.8 Å². The lowest BCUT2D eigenvalue weighted by Crippen LogP contribution is -2.29. The third kappa shape index (κ3) is 3.93. The van der Waals surface area contributed by atoms with Crippen molar-refractivity contribution in [3.8, 4) is 0 Å². The molecular weight excluding hydrogens is 146 g/mol. The second-order valence-electron chi connectivity index (χ2n) is 1.51. The van der Waals surface area contributed by atoms with Gasteiger partial charge in [0.25, 0.3) is 0 Å². The summed E-state index contributed by atoms with van der Waals surface area (Å²) in [5, 5.41) is 7.22. The Hall–Kier alpha value is -0.610. The lowest BCUT2D eigenvalue weighted by Gasteiger charge is -1.98. The number of aliphatic carboxylic acids is 1. The lowest BCUT2D eigenvalue weighted by atomic mass is 10.2. The van der Waals surface area contributed by atoms with Crippen molar-refractivity contribution in [2.75, 3.05) is 0 Å². The number of hydrogen-bond donors (Lipinski definition) is 2. The largest absolute Gasteiger partial charge is 0.481 e. The zero-order valence-corrected chi connectivity index (χ0v) is 5.26. The molecule has 0 aliphatic rings. The van der Waals surface area contributed by atoms with E-state index in [1.54, 1.807) is 0 Å². The van der Waals surface area contributed by atoms with Gasteiger partial charge in [-0.3, -0.25) is 9.59 Å². The molecule has 0 radical (unpaired) electrons. The predicted octanol–water partition coefficient (Wildman–Crippen LogP) is -0.446. The Morgan fingerprint density at radius 2 is 2.11 bits per heavy atom. The summed E-state index contributed by atoms with van der Waals surface area (Å²) in [5.41, 5.74) is 4.96. The molecular formula is C4H6ClNO3. The van der Waals surface area contributed by atoms with Crippen LogP contribution in [0.5, 0.6) is 0 Å². The number of carboxylic acids is 1. The van der Waals surface area contributed by atoms with Crippen LogP contribution < -0.4 is 5.73 Å². The highest BCUT2D eigenvalue weighted by Gasteiger charge is 2.13. The first kappa shape index (κ1) is 8.39. The molecule has 3 N–H and O–H groups in total. The number of carbonyl (C=O) groups is 2. The molecule has 0 aromatic rings. The van der Waals surface area contributed by atoms with Crippen LogP contribution in [0.15, 0.2) is 0 Å². The average molecular weight is 152 g/mol. The van der Waals surface area contributed by atoms with Crippen molar-refractivity contribution in [1.29, 1.82) is 0 Å². The van der Waals surface area contributed by atoms with Gasteiger partial charge in [0, 0.05) is 0 Å². The summed E-state index contributed by atoms with van der Waals surface area (Å²) in [6.07, 6.45) is -0.414. The minimum atomic E-state index is -1.13. The quantitative estimate of drug-likeness (QED) is 0.536. The molecule has 0 fully saturated rings. The van der Waals surface area contributed by atoms with Gasteiger partial charge in [-0.25, -0.2) is 0 Å².